The van der Waals surface area contributed by atoms with Crippen LogP contribution in [-0.2, 0) is 17.6 Å². The molecule has 0 aromatic carbocycles. The average molecular weight is 286 g/mol. The molecule has 7 heteroatoms. The second-order valence-electron chi connectivity index (χ2n) is 3.24. The molecule has 0 aliphatic heterocycles. The first-order chi connectivity index (χ1) is 8.17. The largest absolute Gasteiger partial charge is 0.481 e. The molecule has 0 saturated carbocycles. The van der Waals surface area contributed by atoms with E-state index in [2.05, 4.69) is 16.9 Å². The minimum atomic E-state index is -0.852. The van der Waals surface area contributed by atoms with Gasteiger partial charge in [-0.15, -0.1) is 22.7 Å². The highest BCUT2D eigenvalue weighted by Gasteiger charge is 2.09. The van der Waals surface area contributed by atoms with Crippen molar-refractivity contribution in [2.75, 3.05) is 0 Å². The van der Waals surface area contributed by atoms with Crippen LogP contribution >= 0.6 is 34.4 Å². The Bertz CT molecular complexity index is 521. The van der Waals surface area contributed by atoms with Gasteiger partial charge in [-0.3, -0.25) is 4.79 Å². The fraction of sp³-hybridized carbons (Fsp3) is 0.300. The number of nitrogens with zero attached hydrogens (tertiary/aromatic N) is 2. The van der Waals surface area contributed by atoms with Gasteiger partial charge in [-0.2, -0.15) is 0 Å². The maximum Gasteiger partial charge on any atom is 0.309 e. The highest BCUT2D eigenvalue weighted by atomic mass is 32.2. The normalized spacial score (nSPS) is 10.6. The quantitative estimate of drug-likeness (QED) is 0.915. The molecule has 0 aliphatic carbocycles. The van der Waals surface area contributed by atoms with Crippen LogP contribution in [0.3, 0.4) is 0 Å². The van der Waals surface area contributed by atoms with E-state index >= 15 is 0 Å². The average Bonchev–Trinajstić information content (AvgIpc) is 2.88. The van der Waals surface area contributed by atoms with Gasteiger partial charge < -0.3 is 5.11 Å². The number of aromatic nitrogens is 2. The number of hydrogen-bond acceptors (Lipinski definition) is 6. The number of carboxylic acids is 1. The zero-order valence-electron chi connectivity index (χ0n) is 9.04. The molecule has 17 heavy (non-hydrogen) atoms. The minimum absolute atomic E-state index is 0.0187. The Morgan fingerprint density at radius 2 is 1.88 bits per heavy atom. The summed E-state index contributed by atoms with van der Waals surface area (Å²) in [4.78, 5) is 19.2. The molecule has 2 aromatic rings. The van der Waals surface area contributed by atoms with E-state index in [1.165, 1.54) is 23.1 Å². The van der Waals surface area contributed by atoms with Crippen LogP contribution in [0, 0.1) is 0 Å². The van der Waals surface area contributed by atoms with Crippen molar-refractivity contribution in [3.63, 3.8) is 0 Å². The Morgan fingerprint density at radius 1 is 1.29 bits per heavy atom. The van der Waals surface area contributed by atoms with Gasteiger partial charge in [0.25, 0.3) is 0 Å². The summed E-state index contributed by atoms with van der Waals surface area (Å²) in [5.74, 6) is -0.852. The van der Waals surface area contributed by atoms with Crippen LogP contribution in [0.15, 0.2) is 19.4 Å². The topological polar surface area (TPSA) is 63.1 Å². The van der Waals surface area contributed by atoms with E-state index < -0.39 is 5.97 Å². The Kier molecular flexibility index (Phi) is 4.14. The molecular formula is C10H10N2O2S3. The lowest BCUT2D eigenvalue weighted by atomic mass is 10.3. The van der Waals surface area contributed by atoms with Crippen molar-refractivity contribution in [2.45, 2.75) is 28.4 Å². The molecule has 0 unspecified atom stereocenters. The second kappa shape index (κ2) is 5.61. The third-order valence-corrected chi connectivity index (χ3v) is 4.91. The van der Waals surface area contributed by atoms with Crippen LogP contribution in [0.5, 0.6) is 0 Å². The maximum absolute atomic E-state index is 10.5. The monoisotopic (exact) mass is 286 g/mol. The van der Waals surface area contributed by atoms with Crippen LogP contribution in [0.1, 0.15) is 18.3 Å². The van der Waals surface area contributed by atoms with Crippen LogP contribution in [0.25, 0.3) is 0 Å². The van der Waals surface area contributed by atoms with Crippen molar-refractivity contribution in [2.24, 2.45) is 0 Å². The van der Waals surface area contributed by atoms with Crippen LogP contribution in [-0.4, -0.2) is 21.0 Å². The molecule has 0 atom stereocenters. The van der Waals surface area contributed by atoms with Gasteiger partial charge in [0.2, 0.25) is 0 Å². The van der Waals surface area contributed by atoms with Gasteiger partial charge in [0.15, 0.2) is 8.68 Å². The number of carbonyl (C=O) groups is 1. The van der Waals surface area contributed by atoms with E-state index in [9.17, 15) is 4.79 Å². The van der Waals surface area contributed by atoms with Crippen LogP contribution in [0.2, 0.25) is 0 Å². The van der Waals surface area contributed by atoms with Gasteiger partial charge in [-0.05, 0) is 18.2 Å². The molecule has 0 saturated heterocycles. The van der Waals surface area contributed by atoms with Gasteiger partial charge in [0.1, 0.15) is 0 Å². The Labute approximate surface area is 111 Å². The summed E-state index contributed by atoms with van der Waals surface area (Å²) >= 11 is 4.55. The van der Waals surface area contributed by atoms with Crippen molar-refractivity contribution in [3.05, 3.63) is 22.1 Å². The Balaban J connectivity index is 2.03. The molecule has 4 nitrogen and oxygen atoms in total. The smallest absolute Gasteiger partial charge is 0.309 e. The molecule has 0 aliphatic rings. The lowest BCUT2D eigenvalue weighted by Crippen LogP contribution is -1.99. The molecule has 0 amide bonds. The predicted molar refractivity (Wildman–Crippen MR) is 69.1 cm³/mol. The van der Waals surface area contributed by atoms with Crippen molar-refractivity contribution in [1.29, 1.82) is 0 Å². The molecule has 0 bridgehead atoms. The van der Waals surface area contributed by atoms with Crippen molar-refractivity contribution < 1.29 is 9.90 Å². The van der Waals surface area contributed by atoms with E-state index in [0.29, 0.717) is 5.69 Å². The minimum Gasteiger partial charge on any atom is -0.481 e. The number of aryl methyl sites for hydroxylation is 1. The van der Waals surface area contributed by atoms with E-state index in [1.54, 1.807) is 16.7 Å². The third-order valence-electron chi connectivity index (χ3n) is 1.93. The third kappa shape index (κ3) is 3.52. The molecule has 0 spiro atoms. The van der Waals surface area contributed by atoms with Crippen LogP contribution < -0.4 is 0 Å². The summed E-state index contributed by atoms with van der Waals surface area (Å²) in [7, 11) is 0. The SMILES string of the molecule is CCc1csc(Sc2nc(CC(=O)O)cs2)n1. The maximum atomic E-state index is 10.5. The summed E-state index contributed by atoms with van der Waals surface area (Å²) in [6.07, 6.45) is 0.911. The molecular weight excluding hydrogens is 276 g/mol. The summed E-state index contributed by atoms with van der Waals surface area (Å²) < 4.78 is 1.80. The second-order valence-corrected chi connectivity index (χ2v) is 6.45. The first kappa shape index (κ1) is 12.5. The highest BCUT2D eigenvalue weighted by molar-refractivity contribution is 8.02. The molecule has 2 heterocycles. The summed E-state index contributed by atoms with van der Waals surface area (Å²) in [5, 5.41) is 12.5. The fourth-order valence-corrected chi connectivity index (χ4v) is 4.09. The predicted octanol–water partition coefficient (Wildman–Crippen LogP) is 2.94. The number of aliphatic carboxylic acids is 1. The molecule has 0 fully saturated rings. The van der Waals surface area contributed by atoms with Gasteiger partial charge in [-0.25, -0.2) is 9.97 Å². The number of hydrogen-bond donors (Lipinski definition) is 1. The van der Waals surface area contributed by atoms with Crippen molar-refractivity contribution >= 4 is 40.4 Å². The lowest BCUT2D eigenvalue weighted by Gasteiger charge is -1.90. The van der Waals surface area contributed by atoms with Gasteiger partial charge in [-0.1, -0.05) is 6.92 Å². The zero-order chi connectivity index (χ0) is 12.3. The van der Waals surface area contributed by atoms with E-state index in [0.717, 1.165) is 20.8 Å². The summed E-state index contributed by atoms with van der Waals surface area (Å²) in [5.41, 5.74) is 1.69. The molecule has 2 aromatic heterocycles. The first-order valence-corrected chi connectivity index (χ1v) is 7.53. The van der Waals surface area contributed by atoms with Crippen LogP contribution in [0.4, 0.5) is 0 Å². The molecule has 2 rings (SSSR count). The van der Waals surface area contributed by atoms with Gasteiger partial charge in [0.05, 0.1) is 17.8 Å². The zero-order valence-corrected chi connectivity index (χ0v) is 11.5. The van der Waals surface area contributed by atoms with E-state index in [4.69, 9.17) is 5.11 Å². The Hall–Kier alpha value is -0.920. The van der Waals surface area contributed by atoms with E-state index in [-0.39, 0.29) is 6.42 Å². The molecule has 0 radical (unpaired) electrons. The first-order valence-electron chi connectivity index (χ1n) is 4.96. The van der Waals surface area contributed by atoms with Gasteiger partial charge >= 0.3 is 5.97 Å². The van der Waals surface area contributed by atoms with Crippen molar-refractivity contribution in [3.8, 4) is 0 Å². The van der Waals surface area contributed by atoms with Gasteiger partial charge in [0, 0.05) is 10.8 Å². The number of rotatable bonds is 5. The van der Waals surface area contributed by atoms with E-state index in [1.807, 2.05) is 5.38 Å². The molecule has 90 valence electrons. The standard InChI is InChI=1S/C10H10N2O2S3/c1-2-6-4-15-9(11-6)17-10-12-7(5-16-10)3-8(13)14/h4-5H,2-3H2,1H3,(H,13,14). The summed E-state index contributed by atoms with van der Waals surface area (Å²) in [6.45, 7) is 2.07. The fourth-order valence-electron chi connectivity index (χ4n) is 1.14. The van der Waals surface area contributed by atoms with Crippen molar-refractivity contribution in [1.82, 2.24) is 9.97 Å². The highest BCUT2D eigenvalue weighted by Crippen LogP contribution is 2.32. The molecule has 1 N–H and O–H groups in total. The lowest BCUT2D eigenvalue weighted by molar-refractivity contribution is -0.136. The number of thiazole rings is 2. The number of carboxylic acid groups (broad SMARTS) is 1. The summed E-state index contributed by atoms with van der Waals surface area (Å²) in [6, 6.07) is 0. The Morgan fingerprint density at radius 3 is 2.41 bits per heavy atom.